The minimum Gasteiger partial charge on any atom is -0.478 e. The summed E-state index contributed by atoms with van der Waals surface area (Å²) in [5.41, 5.74) is 0.591. The van der Waals surface area contributed by atoms with Crippen LogP contribution in [0.3, 0.4) is 0 Å². The second-order valence-corrected chi connectivity index (χ2v) is 4.23. The summed E-state index contributed by atoms with van der Waals surface area (Å²) in [6, 6.07) is 0.175. The minimum absolute atomic E-state index is 0.169. The summed E-state index contributed by atoms with van der Waals surface area (Å²) >= 11 is 0. The van der Waals surface area contributed by atoms with Gasteiger partial charge in [-0.1, -0.05) is 18.1 Å². The van der Waals surface area contributed by atoms with Crippen LogP contribution >= 0.6 is 0 Å². The molecule has 7 heteroatoms. The van der Waals surface area contributed by atoms with Crippen LogP contribution in [0.2, 0.25) is 0 Å². The smallest absolute Gasteiger partial charge is 0.296 e. The lowest BCUT2D eigenvalue weighted by Gasteiger charge is -2.09. The average molecular weight is 235 g/mol. The summed E-state index contributed by atoms with van der Waals surface area (Å²) in [6.07, 6.45) is 4.27. The Bertz CT molecular complexity index is 596. The molecular formula is C10H13N5O2. The highest BCUT2D eigenvalue weighted by molar-refractivity contribution is 5.77. The van der Waals surface area contributed by atoms with E-state index in [1.807, 2.05) is 0 Å². The maximum atomic E-state index is 12.2. The molecule has 0 atom stereocenters. The molecule has 3 rings (SSSR count). The first-order valence-electron chi connectivity index (χ1n) is 5.69. The van der Waals surface area contributed by atoms with Crippen LogP contribution in [-0.2, 0) is 0 Å². The number of nitrogens with one attached hydrogen (secondary N) is 1. The summed E-state index contributed by atoms with van der Waals surface area (Å²) in [4.78, 5) is 12.2. The molecule has 0 radical (unpaired) electrons. The van der Waals surface area contributed by atoms with Gasteiger partial charge in [-0.2, -0.15) is 0 Å². The van der Waals surface area contributed by atoms with Crippen LogP contribution in [0.25, 0.3) is 11.0 Å². The molecule has 2 aromatic rings. The fourth-order valence-electron chi connectivity index (χ4n) is 2.34. The van der Waals surface area contributed by atoms with Gasteiger partial charge in [0.15, 0.2) is 11.0 Å². The molecule has 90 valence electrons. The van der Waals surface area contributed by atoms with Crippen molar-refractivity contribution in [2.75, 3.05) is 7.11 Å². The van der Waals surface area contributed by atoms with Crippen molar-refractivity contribution in [2.24, 2.45) is 0 Å². The number of aromatic nitrogens is 5. The maximum absolute atomic E-state index is 12.2. The molecule has 1 aliphatic rings. The van der Waals surface area contributed by atoms with E-state index in [1.165, 1.54) is 11.8 Å². The fourth-order valence-corrected chi connectivity index (χ4v) is 2.34. The molecule has 0 unspecified atom stereocenters. The predicted molar refractivity (Wildman–Crippen MR) is 60.0 cm³/mol. The molecule has 0 aliphatic heterocycles. The van der Waals surface area contributed by atoms with E-state index in [9.17, 15) is 4.79 Å². The van der Waals surface area contributed by atoms with Crippen LogP contribution < -0.4 is 10.3 Å². The van der Waals surface area contributed by atoms with E-state index in [1.54, 1.807) is 0 Å². The number of H-pyrrole nitrogens is 1. The molecule has 0 aromatic carbocycles. The molecule has 1 fully saturated rings. The second-order valence-electron chi connectivity index (χ2n) is 4.23. The normalized spacial score (nSPS) is 16.8. The molecule has 2 heterocycles. The molecule has 0 amide bonds. The van der Waals surface area contributed by atoms with Gasteiger partial charge in [0.25, 0.3) is 11.4 Å². The highest BCUT2D eigenvalue weighted by atomic mass is 16.5. The average Bonchev–Trinajstić information content (AvgIpc) is 2.97. The maximum Gasteiger partial charge on any atom is 0.296 e. The predicted octanol–water partition coefficient (Wildman–Crippen LogP) is 0.638. The summed E-state index contributed by atoms with van der Waals surface area (Å²) in [7, 11) is 1.49. The van der Waals surface area contributed by atoms with E-state index in [0.29, 0.717) is 16.9 Å². The lowest BCUT2D eigenvalue weighted by molar-refractivity contribution is 0.398. The van der Waals surface area contributed by atoms with Gasteiger partial charge in [-0.15, -0.1) is 10.2 Å². The Morgan fingerprint density at radius 3 is 2.88 bits per heavy atom. The first-order valence-corrected chi connectivity index (χ1v) is 5.69. The van der Waals surface area contributed by atoms with Gasteiger partial charge >= 0.3 is 0 Å². The summed E-state index contributed by atoms with van der Waals surface area (Å²) in [5.74, 6) is 0.308. The first-order chi connectivity index (χ1) is 8.31. The summed E-state index contributed by atoms with van der Waals surface area (Å²) in [5, 5.41) is 14.5. The number of methoxy groups -OCH3 is 1. The zero-order valence-corrected chi connectivity index (χ0v) is 9.51. The Kier molecular flexibility index (Phi) is 2.31. The van der Waals surface area contributed by atoms with Crippen molar-refractivity contribution in [3.63, 3.8) is 0 Å². The SMILES string of the molecule is COc1n[nH]c2c(=O)n(C3CCCC3)nnc12. The number of rotatable bonds is 2. The van der Waals surface area contributed by atoms with Crippen LogP contribution in [0.4, 0.5) is 0 Å². The molecule has 17 heavy (non-hydrogen) atoms. The Hall–Kier alpha value is -1.92. The summed E-state index contributed by atoms with van der Waals surface area (Å²) in [6.45, 7) is 0. The lowest BCUT2D eigenvalue weighted by Crippen LogP contribution is -2.27. The molecule has 0 bridgehead atoms. The molecule has 0 spiro atoms. The Morgan fingerprint density at radius 1 is 1.41 bits per heavy atom. The van der Waals surface area contributed by atoms with Crippen molar-refractivity contribution < 1.29 is 4.74 Å². The Balaban J connectivity index is 2.16. The van der Waals surface area contributed by atoms with Crippen molar-refractivity contribution in [3.8, 4) is 5.88 Å². The third-order valence-corrected chi connectivity index (χ3v) is 3.24. The fraction of sp³-hybridized carbons (Fsp3) is 0.600. The van der Waals surface area contributed by atoms with E-state index >= 15 is 0 Å². The number of aromatic amines is 1. The van der Waals surface area contributed by atoms with Crippen molar-refractivity contribution in [1.82, 2.24) is 25.2 Å². The molecule has 1 N–H and O–H groups in total. The van der Waals surface area contributed by atoms with E-state index in [-0.39, 0.29) is 11.6 Å². The molecule has 7 nitrogen and oxygen atoms in total. The number of hydrogen-bond acceptors (Lipinski definition) is 5. The van der Waals surface area contributed by atoms with Crippen molar-refractivity contribution in [3.05, 3.63) is 10.4 Å². The molecule has 1 saturated carbocycles. The Morgan fingerprint density at radius 2 is 2.18 bits per heavy atom. The lowest BCUT2D eigenvalue weighted by atomic mass is 10.2. The largest absolute Gasteiger partial charge is 0.478 e. The van der Waals surface area contributed by atoms with Crippen LogP contribution in [0, 0.1) is 0 Å². The van der Waals surface area contributed by atoms with Crippen molar-refractivity contribution in [1.29, 1.82) is 0 Å². The molecule has 0 saturated heterocycles. The topological polar surface area (TPSA) is 85.7 Å². The van der Waals surface area contributed by atoms with Gasteiger partial charge in [-0.05, 0) is 12.8 Å². The number of nitrogens with zero attached hydrogens (tertiary/aromatic N) is 4. The molecule has 2 aromatic heterocycles. The Labute approximate surface area is 96.8 Å². The second kappa shape index (κ2) is 3.83. The highest BCUT2D eigenvalue weighted by Gasteiger charge is 2.22. The number of hydrogen-bond donors (Lipinski definition) is 1. The first kappa shape index (κ1) is 10.2. The van der Waals surface area contributed by atoms with Gasteiger partial charge in [0, 0.05) is 0 Å². The van der Waals surface area contributed by atoms with Crippen LogP contribution in [0.1, 0.15) is 31.7 Å². The van der Waals surface area contributed by atoms with E-state index < -0.39 is 0 Å². The van der Waals surface area contributed by atoms with Gasteiger partial charge in [0.2, 0.25) is 0 Å². The molecule has 1 aliphatic carbocycles. The monoisotopic (exact) mass is 235 g/mol. The highest BCUT2D eigenvalue weighted by Crippen LogP contribution is 2.27. The van der Waals surface area contributed by atoms with Gasteiger partial charge in [0.1, 0.15) is 0 Å². The van der Waals surface area contributed by atoms with Crippen molar-refractivity contribution in [2.45, 2.75) is 31.7 Å². The molecular weight excluding hydrogens is 222 g/mol. The zero-order chi connectivity index (χ0) is 11.8. The van der Waals surface area contributed by atoms with E-state index in [2.05, 4.69) is 20.5 Å². The quantitative estimate of drug-likeness (QED) is 0.825. The summed E-state index contributed by atoms with van der Waals surface area (Å²) < 4.78 is 6.46. The van der Waals surface area contributed by atoms with Gasteiger partial charge in [-0.3, -0.25) is 9.89 Å². The van der Waals surface area contributed by atoms with Gasteiger partial charge in [0.05, 0.1) is 13.2 Å². The van der Waals surface area contributed by atoms with Crippen LogP contribution in [0.5, 0.6) is 5.88 Å². The third-order valence-electron chi connectivity index (χ3n) is 3.24. The van der Waals surface area contributed by atoms with Gasteiger partial charge < -0.3 is 4.74 Å². The van der Waals surface area contributed by atoms with Gasteiger partial charge in [-0.25, -0.2) is 4.68 Å². The zero-order valence-electron chi connectivity index (χ0n) is 9.51. The van der Waals surface area contributed by atoms with Crippen LogP contribution in [-0.4, -0.2) is 32.3 Å². The van der Waals surface area contributed by atoms with E-state index in [4.69, 9.17) is 4.74 Å². The van der Waals surface area contributed by atoms with Crippen LogP contribution in [0.15, 0.2) is 4.79 Å². The van der Waals surface area contributed by atoms with Crippen molar-refractivity contribution >= 4 is 11.0 Å². The van der Waals surface area contributed by atoms with E-state index in [0.717, 1.165) is 25.7 Å². The number of ether oxygens (including phenoxy) is 1. The standard InChI is InChI=1S/C10H13N5O2/c1-17-9-7-8(11-13-9)10(16)15(14-12-7)6-4-2-3-5-6/h6H,2-5H2,1H3,(H,11,13). The number of fused-ring (bicyclic) bond motifs is 1. The minimum atomic E-state index is -0.169. The third kappa shape index (κ3) is 1.49.